The van der Waals surface area contributed by atoms with Crippen molar-refractivity contribution in [3.05, 3.63) is 84.9 Å². The lowest BCUT2D eigenvalue weighted by Gasteiger charge is -2.59. The van der Waals surface area contributed by atoms with E-state index in [1.807, 2.05) is 12.1 Å². The van der Waals surface area contributed by atoms with Crippen LogP contribution in [0.2, 0.25) is 0 Å². The molecular formula is C31H33O3P. The Bertz CT molecular complexity index is 1090. The fourth-order valence-electron chi connectivity index (χ4n) is 7.00. The Hall–Kier alpha value is -2.64. The van der Waals surface area contributed by atoms with E-state index in [0.29, 0.717) is 17.6 Å². The van der Waals surface area contributed by atoms with Crippen molar-refractivity contribution < 1.29 is 14.3 Å². The molecule has 4 aliphatic carbocycles. The molecular weight excluding hydrogens is 451 g/mol. The van der Waals surface area contributed by atoms with E-state index < -0.39 is 7.92 Å². The van der Waals surface area contributed by atoms with Gasteiger partial charge in [0.2, 0.25) is 0 Å². The summed E-state index contributed by atoms with van der Waals surface area (Å²) in [6.07, 6.45) is 6.30. The summed E-state index contributed by atoms with van der Waals surface area (Å²) in [7, 11) is -0.652. The molecule has 0 saturated heterocycles. The highest BCUT2D eigenvalue weighted by Crippen LogP contribution is 2.59. The summed E-state index contributed by atoms with van der Waals surface area (Å²) in [6.45, 7) is 2.15. The minimum absolute atomic E-state index is 0.0344. The second-order valence-electron chi connectivity index (χ2n) is 10.8. The average Bonchev–Trinajstić information content (AvgIpc) is 2.88. The third-order valence-electron chi connectivity index (χ3n) is 8.57. The molecule has 0 radical (unpaired) electrons. The number of carbonyl (C=O) groups excluding carboxylic acids is 1. The van der Waals surface area contributed by atoms with Gasteiger partial charge in [-0.15, -0.1) is 0 Å². The summed E-state index contributed by atoms with van der Waals surface area (Å²) in [5.74, 6) is 3.24. The molecule has 3 aromatic rings. The van der Waals surface area contributed by atoms with Crippen molar-refractivity contribution in [1.82, 2.24) is 0 Å². The smallest absolute Gasteiger partial charge is 0.344 e. The fraction of sp³-hybridized carbons (Fsp3) is 0.387. The number of esters is 1. The Balaban J connectivity index is 1.12. The first-order valence-corrected chi connectivity index (χ1v) is 14.3. The number of rotatable bonds is 7. The van der Waals surface area contributed by atoms with Crippen molar-refractivity contribution in [2.24, 2.45) is 23.7 Å². The highest BCUT2D eigenvalue weighted by molar-refractivity contribution is 7.79. The number of ether oxygens (including phenoxy) is 2. The Kier molecular flexibility index (Phi) is 6.14. The van der Waals surface area contributed by atoms with E-state index in [1.54, 1.807) is 0 Å². The molecule has 4 bridgehead atoms. The maximum absolute atomic E-state index is 12.8. The number of carbonyl (C=O) groups is 1. The van der Waals surface area contributed by atoms with Gasteiger partial charge in [0, 0.05) is 0 Å². The summed E-state index contributed by atoms with van der Waals surface area (Å²) in [5.41, 5.74) is -0.307. The summed E-state index contributed by atoms with van der Waals surface area (Å²) >= 11 is 0. The molecule has 0 heterocycles. The number of benzene rings is 3. The first-order chi connectivity index (χ1) is 17.1. The summed E-state index contributed by atoms with van der Waals surface area (Å²) in [5, 5.41) is 3.89. The molecule has 0 atom stereocenters. The minimum atomic E-state index is -0.652. The monoisotopic (exact) mass is 484 g/mol. The summed E-state index contributed by atoms with van der Waals surface area (Å²) < 4.78 is 12.0. The van der Waals surface area contributed by atoms with Crippen LogP contribution in [0, 0.1) is 23.7 Å². The second-order valence-corrected chi connectivity index (χ2v) is 13.0. The quantitative estimate of drug-likeness (QED) is 0.324. The summed E-state index contributed by atoms with van der Waals surface area (Å²) in [4.78, 5) is 12.8. The number of hydrogen-bond donors (Lipinski definition) is 0. The predicted molar refractivity (Wildman–Crippen MR) is 142 cm³/mol. The second kappa shape index (κ2) is 9.43. The van der Waals surface area contributed by atoms with Gasteiger partial charge in [-0.2, -0.15) is 0 Å². The van der Waals surface area contributed by atoms with Gasteiger partial charge in [-0.25, -0.2) is 4.79 Å². The lowest BCUT2D eigenvalue weighted by atomic mass is 9.50. The van der Waals surface area contributed by atoms with E-state index in [-0.39, 0.29) is 18.2 Å². The Labute approximate surface area is 209 Å². The van der Waals surface area contributed by atoms with Gasteiger partial charge >= 0.3 is 5.97 Å². The molecule has 0 spiro atoms. The molecule has 0 N–H and O–H groups in total. The van der Waals surface area contributed by atoms with E-state index in [1.165, 1.54) is 48.0 Å². The molecule has 180 valence electrons. The number of hydrogen-bond acceptors (Lipinski definition) is 3. The van der Waals surface area contributed by atoms with Crippen molar-refractivity contribution in [3.63, 3.8) is 0 Å². The third kappa shape index (κ3) is 4.52. The zero-order valence-electron chi connectivity index (χ0n) is 20.3. The van der Waals surface area contributed by atoms with Gasteiger partial charge in [-0.1, -0.05) is 72.8 Å². The van der Waals surface area contributed by atoms with Crippen LogP contribution in [0.5, 0.6) is 5.75 Å². The van der Waals surface area contributed by atoms with Gasteiger partial charge in [0.25, 0.3) is 0 Å². The van der Waals surface area contributed by atoms with Crippen LogP contribution in [0.25, 0.3) is 0 Å². The molecule has 35 heavy (non-hydrogen) atoms. The molecule has 4 heteroatoms. The average molecular weight is 485 g/mol. The predicted octanol–water partition coefficient (Wildman–Crippen LogP) is 5.58. The zero-order chi connectivity index (χ0) is 23.8. The molecule has 4 saturated carbocycles. The van der Waals surface area contributed by atoms with Crippen LogP contribution in [-0.4, -0.2) is 18.2 Å². The van der Waals surface area contributed by atoms with Crippen molar-refractivity contribution in [2.45, 2.75) is 44.6 Å². The van der Waals surface area contributed by atoms with E-state index in [4.69, 9.17) is 9.47 Å². The molecule has 0 aliphatic heterocycles. The highest BCUT2D eigenvalue weighted by atomic mass is 31.1. The zero-order valence-corrected chi connectivity index (χ0v) is 21.2. The molecule has 4 fully saturated rings. The van der Waals surface area contributed by atoms with Gasteiger partial charge in [0.15, 0.2) is 6.61 Å². The van der Waals surface area contributed by atoms with Crippen LogP contribution in [0.3, 0.4) is 0 Å². The first kappa shape index (κ1) is 22.8. The van der Waals surface area contributed by atoms with Gasteiger partial charge in [-0.3, -0.25) is 0 Å². The third-order valence-corrected chi connectivity index (χ3v) is 11.0. The van der Waals surface area contributed by atoms with Gasteiger partial charge < -0.3 is 9.47 Å². The van der Waals surface area contributed by atoms with Gasteiger partial charge in [0.05, 0.1) is 0 Å². The highest BCUT2D eigenvalue weighted by Gasteiger charge is 2.57. The first-order valence-electron chi connectivity index (χ1n) is 12.9. The van der Waals surface area contributed by atoms with Crippen molar-refractivity contribution >= 4 is 29.8 Å². The van der Waals surface area contributed by atoms with Gasteiger partial charge in [-0.05, 0) is 98.7 Å². The topological polar surface area (TPSA) is 35.5 Å². The fourth-order valence-corrected chi connectivity index (χ4v) is 9.28. The molecule has 7 rings (SSSR count). The van der Waals surface area contributed by atoms with Crippen LogP contribution in [0.15, 0.2) is 84.9 Å². The van der Waals surface area contributed by atoms with Crippen LogP contribution in [-0.2, 0) is 9.53 Å². The lowest BCUT2D eigenvalue weighted by Crippen LogP contribution is -2.58. The summed E-state index contributed by atoms with van der Waals surface area (Å²) in [6, 6.07) is 29.5. The van der Waals surface area contributed by atoms with E-state index in [2.05, 4.69) is 79.7 Å². The normalized spacial score (nSPS) is 28.7. The Morgan fingerprint density at radius 3 is 1.74 bits per heavy atom. The van der Waals surface area contributed by atoms with Crippen LogP contribution >= 0.6 is 7.92 Å². The van der Waals surface area contributed by atoms with Gasteiger partial charge in [0.1, 0.15) is 11.4 Å². The minimum Gasteiger partial charge on any atom is -0.482 e. The lowest BCUT2D eigenvalue weighted by molar-refractivity contribution is -0.204. The standard InChI is InChI=1S/C31H33O3P/c1-31(24-17-22-16-23(19-24)20-25(31)18-22)34-30(32)21-33-26-12-14-29(15-13-26)35(27-8-4-2-5-9-27)28-10-6-3-7-11-28/h2-15,22-25H,16-21H2,1H3. The van der Waals surface area contributed by atoms with Crippen LogP contribution in [0.4, 0.5) is 0 Å². The molecule has 4 aliphatic rings. The molecule has 0 aromatic heterocycles. The van der Waals surface area contributed by atoms with Crippen molar-refractivity contribution in [3.8, 4) is 5.75 Å². The van der Waals surface area contributed by atoms with Crippen LogP contribution < -0.4 is 20.7 Å². The largest absolute Gasteiger partial charge is 0.482 e. The molecule has 3 aromatic carbocycles. The molecule has 0 unspecified atom stereocenters. The Morgan fingerprint density at radius 1 is 0.743 bits per heavy atom. The molecule has 0 amide bonds. The van der Waals surface area contributed by atoms with E-state index in [0.717, 1.165) is 11.8 Å². The SMILES string of the molecule is CC1(OC(=O)COc2ccc(P(c3ccccc3)c3ccccc3)cc2)C2CC3CC(C2)CC1C3. The maximum Gasteiger partial charge on any atom is 0.344 e. The van der Waals surface area contributed by atoms with E-state index >= 15 is 0 Å². The molecule has 3 nitrogen and oxygen atoms in total. The van der Waals surface area contributed by atoms with Crippen molar-refractivity contribution in [2.75, 3.05) is 6.61 Å². The van der Waals surface area contributed by atoms with E-state index in [9.17, 15) is 4.79 Å². The Morgan fingerprint density at radius 2 is 1.23 bits per heavy atom. The van der Waals surface area contributed by atoms with Crippen molar-refractivity contribution in [1.29, 1.82) is 0 Å². The maximum atomic E-state index is 12.8. The van der Waals surface area contributed by atoms with Crippen LogP contribution in [0.1, 0.15) is 39.0 Å².